The van der Waals surface area contributed by atoms with E-state index in [1.165, 1.54) is 9.78 Å². The van der Waals surface area contributed by atoms with Gasteiger partial charge in [0.25, 0.3) is 5.91 Å². The Hall–Kier alpha value is -1.90. The van der Waals surface area contributed by atoms with Crippen molar-refractivity contribution in [3.8, 4) is 0 Å². The van der Waals surface area contributed by atoms with Gasteiger partial charge in [0.05, 0.1) is 5.69 Å². The van der Waals surface area contributed by atoms with E-state index < -0.39 is 5.54 Å². The fourth-order valence-corrected chi connectivity index (χ4v) is 6.34. The first-order valence-corrected chi connectivity index (χ1v) is 13.0. The summed E-state index contributed by atoms with van der Waals surface area (Å²) in [5.41, 5.74) is 1.23. The number of hydrogen-bond donors (Lipinski definition) is 1. The van der Waals surface area contributed by atoms with Crippen LogP contribution in [0.3, 0.4) is 0 Å². The normalized spacial score (nSPS) is 22.5. The number of rotatable bonds is 8. The van der Waals surface area contributed by atoms with Gasteiger partial charge in [0.1, 0.15) is 10.7 Å². The molecule has 2 aromatic rings. The second-order valence-corrected chi connectivity index (χ2v) is 11.2. The summed E-state index contributed by atoms with van der Waals surface area (Å²) in [6, 6.07) is 3.82. The minimum absolute atomic E-state index is 0.0395. The highest BCUT2D eigenvalue weighted by Gasteiger charge is 2.55. The Balaban J connectivity index is 1.45. The molecule has 2 aliphatic heterocycles. The van der Waals surface area contributed by atoms with Crippen molar-refractivity contribution in [2.75, 3.05) is 19.6 Å². The van der Waals surface area contributed by atoms with Crippen molar-refractivity contribution >= 4 is 34.9 Å². The molecule has 4 rings (SSSR count). The topological polar surface area (TPSA) is 70.5 Å². The van der Waals surface area contributed by atoms with E-state index in [4.69, 9.17) is 11.6 Å². The average Bonchev–Trinajstić information content (AvgIpc) is 3.43. The van der Waals surface area contributed by atoms with Crippen LogP contribution in [0, 0.1) is 18.8 Å². The summed E-state index contributed by atoms with van der Waals surface area (Å²) in [7, 11) is 1.86. The maximum Gasteiger partial charge on any atom is 0.325 e. The zero-order valence-corrected chi connectivity index (χ0v) is 21.5. The molecule has 0 radical (unpaired) electrons. The lowest BCUT2D eigenvalue weighted by Gasteiger charge is -2.41. The van der Waals surface area contributed by atoms with Crippen LogP contribution in [-0.4, -0.2) is 56.7 Å². The van der Waals surface area contributed by atoms with E-state index in [1.54, 1.807) is 16.0 Å². The molecule has 33 heavy (non-hydrogen) atoms. The van der Waals surface area contributed by atoms with Crippen molar-refractivity contribution in [1.82, 2.24) is 24.9 Å². The minimum Gasteiger partial charge on any atom is -0.323 e. The number of nitrogens with zero attached hydrogens (tertiary/aromatic N) is 4. The van der Waals surface area contributed by atoms with Gasteiger partial charge in [-0.15, -0.1) is 11.3 Å². The predicted octanol–water partition coefficient (Wildman–Crippen LogP) is 4.23. The first-order valence-electron chi connectivity index (χ1n) is 11.8. The zero-order valence-electron chi connectivity index (χ0n) is 19.9. The van der Waals surface area contributed by atoms with Crippen LogP contribution in [0.2, 0.25) is 5.15 Å². The van der Waals surface area contributed by atoms with E-state index >= 15 is 0 Å². The van der Waals surface area contributed by atoms with E-state index in [2.05, 4.69) is 35.2 Å². The standard InChI is InChI=1S/C24H34ClN5O2S/c1-16(2)14-24(22(31)30(23(32)26-24)12-9-19-6-5-13-33-19)18-7-10-29(11-8-18)15-20-17(3)27-28(4)21(20)25/h5-6,13,16,18H,7-12,14-15H2,1-4H3,(H,26,32). The fourth-order valence-electron chi connectivity index (χ4n) is 5.41. The largest absolute Gasteiger partial charge is 0.325 e. The molecule has 1 unspecified atom stereocenters. The highest BCUT2D eigenvalue weighted by Crippen LogP contribution is 2.39. The van der Waals surface area contributed by atoms with Gasteiger partial charge in [-0.2, -0.15) is 5.10 Å². The second kappa shape index (κ2) is 9.76. The SMILES string of the molecule is Cc1nn(C)c(Cl)c1CN1CCC(C2(CC(C)C)NC(=O)N(CCc3cccs3)C2=O)CC1. The number of thiophene rings is 1. The van der Waals surface area contributed by atoms with Gasteiger partial charge >= 0.3 is 6.03 Å². The van der Waals surface area contributed by atoms with Crippen molar-refractivity contribution < 1.29 is 9.59 Å². The van der Waals surface area contributed by atoms with Crippen molar-refractivity contribution in [3.63, 3.8) is 0 Å². The average molecular weight is 492 g/mol. The number of hydrogen-bond acceptors (Lipinski definition) is 5. The molecule has 0 bridgehead atoms. The zero-order chi connectivity index (χ0) is 23.8. The lowest BCUT2D eigenvalue weighted by Crippen LogP contribution is -2.56. The van der Waals surface area contributed by atoms with Crippen LogP contribution in [0.5, 0.6) is 0 Å². The van der Waals surface area contributed by atoms with Gasteiger partial charge in [-0.05, 0) is 69.0 Å². The van der Waals surface area contributed by atoms with Crippen LogP contribution in [0.15, 0.2) is 17.5 Å². The van der Waals surface area contributed by atoms with Gasteiger partial charge in [0.15, 0.2) is 0 Å². The third-order valence-corrected chi connectivity index (χ3v) is 8.44. The summed E-state index contributed by atoms with van der Waals surface area (Å²) in [4.78, 5) is 31.7. The summed E-state index contributed by atoms with van der Waals surface area (Å²) in [6.45, 7) is 9.16. The lowest BCUT2D eigenvalue weighted by molar-refractivity contribution is -0.134. The molecule has 0 saturated carbocycles. The first kappa shape index (κ1) is 24.2. The summed E-state index contributed by atoms with van der Waals surface area (Å²) in [5, 5.41) is 10.3. The maximum absolute atomic E-state index is 13.7. The molecule has 0 spiro atoms. The molecule has 2 aliphatic rings. The summed E-state index contributed by atoms with van der Waals surface area (Å²) in [5.74, 6) is 0.397. The Labute approximate surface area is 205 Å². The Morgan fingerprint density at radius 2 is 2.03 bits per heavy atom. The van der Waals surface area contributed by atoms with E-state index in [1.807, 2.05) is 25.4 Å². The van der Waals surface area contributed by atoms with Gasteiger partial charge < -0.3 is 5.32 Å². The molecule has 4 heterocycles. The van der Waals surface area contributed by atoms with Crippen LogP contribution >= 0.6 is 22.9 Å². The Morgan fingerprint density at radius 1 is 1.30 bits per heavy atom. The molecule has 2 saturated heterocycles. The molecule has 0 aromatic carbocycles. The number of piperidine rings is 1. The number of halogens is 1. The molecule has 2 aromatic heterocycles. The highest BCUT2D eigenvalue weighted by atomic mass is 35.5. The number of aromatic nitrogens is 2. The first-order chi connectivity index (χ1) is 15.7. The number of urea groups is 1. The number of amides is 3. The van der Waals surface area contributed by atoms with E-state index in [0.717, 1.165) is 43.7 Å². The predicted molar refractivity (Wildman–Crippen MR) is 131 cm³/mol. The number of carbonyl (C=O) groups excluding carboxylic acids is 2. The molecule has 0 aliphatic carbocycles. The molecule has 2 fully saturated rings. The summed E-state index contributed by atoms with van der Waals surface area (Å²) >= 11 is 8.10. The number of carbonyl (C=O) groups is 2. The van der Waals surface area contributed by atoms with Crippen LogP contribution < -0.4 is 5.32 Å². The quantitative estimate of drug-likeness (QED) is 0.561. The van der Waals surface area contributed by atoms with Gasteiger partial charge in [0, 0.05) is 30.6 Å². The van der Waals surface area contributed by atoms with Crippen LogP contribution in [0.4, 0.5) is 4.79 Å². The molecule has 3 amide bonds. The number of nitrogens with one attached hydrogen (secondary N) is 1. The van der Waals surface area contributed by atoms with E-state index in [9.17, 15) is 9.59 Å². The Bertz CT molecular complexity index is 997. The maximum atomic E-state index is 13.7. The molecular weight excluding hydrogens is 458 g/mol. The molecule has 7 nitrogen and oxygen atoms in total. The monoisotopic (exact) mass is 491 g/mol. The number of likely N-dealkylation sites (tertiary alicyclic amines) is 1. The lowest BCUT2D eigenvalue weighted by atomic mass is 9.73. The van der Waals surface area contributed by atoms with Crippen molar-refractivity contribution in [2.45, 2.75) is 58.5 Å². The Kier molecular flexibility index (Phi) is 7.17. The fraction of sp³-hybridized carbons (Fsp3) is 0.625. The molecule has 180 valence electrons. The van der Waals surface area contributed by atoms with Gasteiger partial charge in [0.2, 0.25) is 0 Å². The number of imide groups is 1. The Morgan fingerprint density at radius 3 is 2.61 bits per heavy atom. The van der Waals surface area contributed by atoms with E-state index in [0.29, 0.717) is 30.5 Å². The molecular formula is C24H34ClN5O2S. The van der Waals surface area contributed by atoms with Crippen LogP contribution in [0.25, 0.3) is 0 Å². The summed E-state index contributed by atoms with van der Waals surface area (Å²) < 4.78 is 1.72. The molecule has 9 heteroatoms. The highest BCUT2D eigenvalue weighted by molar-refractivity contribution is 7.09. The summed E-state index contributed by atoms with van der Waals surface area (Å²) in [6.07, 6.45) is 3.12. The minimum atomic E-state index is -0.797. The van der Waals surface area contributed by atoms with Crippen molar-refractivity contribution in [3.05, 3.63) is 38.8 Å². The van der Waals surface area contributed by atoms with Gasteiger partial charge in [-0.25, -0.2) is 4.79 Å². The van der Waals surface area contributed by atoms with Crippen molar-refractivity contribution in [2.24, 2.45) is 18.9 Å². The van der Waals surface area contributed by atoms with Gasteiger partial charge in [-0.3, -0.25) is 19.3 Å². The molecule has 1 atom stereocenters. The number of aryl methyl sites for hydroxylation is 2. The van der Waals surface area contributed by atoms with Crippen LogP contribution in [0.1, 0.15) is 49.2 Å². The van der Waals surface area contributed by atoms with Crippen LogP contribution in [-0.2, 0) is 24.8 Å². The third kappa shape index (κ3) is 4.84. The third-order valence-electron chi connectivity index (χ3n) is 7.03. The smallest absolute Gasteiger partial charge is 0.323 e. The van der Waals surface area contributed by atoms with E-state index in [-0.39, 0.29) is 17.9 Å². The van der Waals surface area contributed by atoms with Crippen molar-refractivity contribution in [1.29, 1.82) is 0 Å². The van der Waals surface area contributed by atoms with Gasteiger partial charge in [-0.1, -0.05) is 31.5 Å². The molecule has 1 N–H and O–H groups in total. The second-order valence-electron chi connectivity index (χ2n) is 9.81.